The van der Waals surface area contributed by atoms with Crippen LogP contribution < -0.4 is 5.73 Å². The van der Waals surface area contributed by atoms with Gasteiger partial charge in [0.15, 0.2) is 0 Å². The third kappa shape index (κ3) is 2.14. The molecule has 2 aromatic carbocycles. The maximum Gasteiger partial charge on any atom is 0.143 e. The number of hydrogen-bond donors (Lipinski definition) is 1. The predicted octanol–water partition coefficient (Wildman–Crippen LogP) is 4.35. The molecule has 2 N–H and O–H groups in total. The molecule has 0 saturated heterocycles. The average Bonchev–Trinajstić information content (AvgIpc) is 2.78. The van der Waals surface area contributed by atoms with E-state index in [1.807, 2.05) is 42.5 Å². The number of imidazole rings is 1. The Balaban J connectivity index is 2.30. The third-order valence-electron chi connectivity index (χ3n) is 3.36. The van der Waals surface area contributed by atoms with Gasteiger partial charge in [-0.3, -0.25) is 0 Å². The van der Waals surface area contributed by atoms with Gasteiger partial charge in [-0.05, 0) is 36.8 Å². The van der Waals surface area contributed by atoms with Crippen LogP contribution in [0.4, 0.5) is 5.69 Å². The van der Waals surface area contributed by atoms with Crippen LogP contribution in [0, 0.1) is 0 Å². The van der Waals surface area contributed by atoms with Crippen LogP contribution in [0.5, 0.6) is 0 Å². The molecule has 1 aromatic heterocycles. The van der Waals surface area contributed by atoms with Gasteiger partial charge in [-0.25, -0.2) is 4.98 Å². The van der Waals surface area contributed by atoms with Crippen molar-refractivity contribution >= 4 is 28.3 Å². The van der Waals surface area contributed by atoms with Gasteiger partial charge in [0.05, 0.1) is 11.0 Å². The van der Waals surface area contributed by atoms with Crippen molar-refractivity contribution in [3.63, 3.8) is 0 Å². The highest BCUT2D eigenvalue weighted by atomic mass is 35.5. The Kier molecular flexibility index (Phi) is 3.36. The number of para-hydroxylation sites is 1. The first kappa shape index (κ1) is 13.0. The monoisotopic (exact) mass is 285 g/mol. The first-order valence-electron chi connectivity index (χ1n) is 6.71. The highest BCUT2D eigenvalue weighted by molar-refractivity contribution is 6.31. The molecule has 0 unspecified atom stereocenters. The molecule has 0 bridgehead atoms. The standard InChI is InChI=1S/C16H16ClN3/c1-2-9-20-15-10-11(17)7-8-14(15)19-16(20)12-5-3-4-6-13(12)18/h3-8,10H,2,9,18H2,1H3. The lowest BCUT2D eigenvalue weighted by molar-refractivity contribution is 0.704. The lowest BCUT2D eigenvalue weighted by atomic mass is 10.1. The number of benzene rings is 2. The van der Waals surface area contributed by atoms with Gasteiger partial charge in [0.2, 0.25) is 0 Å². The molecule has 1 heterocycles. The van der Waals surface area contributed by atoms with Gasteiger partial charge in [-0.15, -0.1) is 0 Å². The average molecular weight is 286 g/mol. The minimum Gasteiger partial charge on any atom is -0.398 e. The quantitative estimate of drug-likeness (QED) is 0.727. The van der Waals surface area contributed by atoms with Crippen molar-refractivity contribution in [3.8, 4) is 11.4 Å². The summed E-state index contributed by atoms with van der Waals surface area (Å²) in [6.07, 6.45) is 1.03. The molecule has 0 atom stereocenters. The molecule has 0 amide bonds. The summed E-state index contributed by atoms with van der Waals surface area (Å²) in [5.74, 6) is 0.905. The van der Waals surface area contributed by atoms with Gasteiger partial charge >= 0.3 is 0 Å². The van der Waals surface area contributed by atoms with Crippen LogP contribution in [0.1, 0.15) is 13.3 Å². The normalized spacial score (nSPS) is 11.1. The summed E-state index contributed by atoms with van der Waals surface area (Å²) >= 11 is 6.11. The molecule has 0 aliphatic heterocycles. The third-order valence-corrected chi connectivity index (χ3v) is 3.59. The van der Waals surface area contributed by atoms with Crippen molar-refractivity contribution in [1.82, 2.24) is 9.55 Å². The zero-order valence-corrected chi connectivity index (χ0v) is 12.1. The zero-order valence-electron chi connectivity index (χ0n) is 11.3. The van der Waals surface area contributed by atoms with Gasteiger partial charge in [-0.1, -0.05) is 30.7 Å². The number of nitrogens with zero attached hydrogens (tertiary/aromatic N) is 2. The molecule has 102 valence electrons. The van der Waals surface area contributed by atoms with E-state index in [-0.39, 0.29) is 0 Å². The van der Waals surface area contributed by atoms with Crippen LogP contribution in [0.2, 0.25) is 5.02 Å². The molecule has 3 aromatic rings. The maximum absolute atomic E-state index is 6.11. The van der Waals surface area contributed by atoms with Crippen molar-refractivity contribution in [3.05, 3.63) is 47.5 Å². The fourth-order valence-electron chi connectivity index (χ4n) is 2.45. The molecule has 0 spiro atoms. The molecule has 20 heavy (non-hydrogen) atoms. The predicted molar refractivity (Wildman–Crippen MR) is 84.9 cm³/mol. The van der Waals surface area contributed by atoms with E-state index >= 15 is 0 Å². The highest BCUT2D eigenvalue weighted by Gasteiger charge is 2.14. The number of aryl methyl sites for hydroxylation is 1. The first-order valence-corrected chi connectivity index (χ1v) is 7.09. The van der Waals surface area contributed by atoms with Crippen molar-refractivity contribution < 1.29 is 0 Å². The summed E-state index contributed by atoms with van der Waals surface area (Å²) in [6, 6.07) is 13.6. The number of anilines is 1. The van der Waals surface area contributed by atoms with Gasteiger partial charge in [-0.2, -0.15) is 0 Å². The Hall–Kier alpha value is -2.00. The van der Waals surface area contributed by atoms with Gasteiger partial charge in [0.25, 0.3) is 0 Å². The van der Waals surface area contributed by atoms with Crippen molar-refractivity contribution in [2.45, 2.75) is 19.9 Å². The van der Waals surface area contributed by atoms with Crippen LogP contribution >= 0.6 is 11.6 Å². The number of hydrogen-bond acceptors (Lipinski definition) is 2. The summed E-state index contributed by atoms with van der Waals surface area (Å²) < 4.78 is 2.19. The highest BCUT2D eigenvalue weighted by Crippen LogP contribution is 2.30. The van der Waals surface area contributed by atoms with Crippen LogP contribution in [-0.4, -0.2) is 9.55 Å². The Morgan fingerprint density at radius 1 is 1.20 bits per heavy atom. The fraction of sp³-hybridized carbons (Fsp3) is 0.188. The minimum absolute atomic E-state index is 0.724. The smallest absolute Gasteiger partial charge is 0.143 e. The van der Waals surface area contributed by atoms with E-state index in [4.69, 9.17) is 22.3 Å². The number of fused-ring (bicyclic) bond motifs is 1. The fourth-order valence-corrected chi connectivity index (χ4v) is 2.62. The lowest BCUT2D eigenvalue weighted by Gasteiger charge is -2.09. The van der Waals surface area contributed by atoms with E-state index in [1.165, 1.54) is 0 Å². The van der Waals surface area contributed by atoms with E-state index < -0.39 is 0 Å². The largest absolute Gasteiger partial charge is 0.398 e. The van der Waals surface area contributed by atoms with Crippen LogP contribution in [-0.2, 0) is 6.54 Å². The van der Waals surface area contributed by atoms with Gasteiger partial charge in [0.1, 0.15) is 5.82 Å². The van der Waals surface area contributed by atoms with Crippen LogP contribution in [0.15, 0.2) is 42.5 Å². The van der Waals surface area contributed by atoms with Crippen molar-refractivity contribution in [2.75, 3.05) is 5.73 Å². The Morgan fingerprint density at radius 2 is 2.00 bits per heavy atom. The van der Waals surface area contributed by atoms with E-state index in [2.05, 4.69) is 11.5 Å². The Bertz CT molecular complexity index is 762. The maximum atomic E-state index is 6.11. The summed E-state index contributed by atoms with van der Waals surface area (Å²) in [5.41, 5.74) is 9.80. The number of nitrogens with two attached hydrogens (primary N) is 1. The van der Waals surface area contributed by atoms with E-state index in [9.17, 15) is 0 Å². The number of halogens is 1. The Labute approximate surface area is 123 Å². The second-order valence-corrected chi connectivity index (χ2v) is 5.24. The van der Waals surface area contributed by atoms with Crippen LogP contribution in [0.3, 0.4) is 0 Å². The van der Waals surface area contributed by atoms with Gasteiger partial charge < -0.3 is 10.3 Å². The lowest BCUT2D eigenvalue weighted by Crippen LogP contribution is -2.01. The van der Waals surface area contributed by atoms with Crippen molar-refractivity contribution in [2.24, 2.45) is 0 Å². The first-order chi connectivity index (χ1) is 9.70. The molecule has 4 heteroatoms. The second kappa shape index (κ2) is 5.17. The minimum atomic E-state index is 0.724. The van der Waals surface area contributed by atoms with Crippen LogP contribution in [0.25, 0.3) is 22.4 Å². The molecule has 3 nitrogen and oxygen atoms in total. The van der Waals surface area contributed by atoms with E-state index in [1.54, 1.807) is 0 Å². The molecule has 0 radical (unpaired) electrons. The summed E-state index contributed by atoms with van der Waals surface area (Å²) in [6.45, 7) is 3.04. The molecular formula is C16H16ClN3. The van der Waals surface area contributed by atoms with E-state index in [0.29, 0.717) is 0 Å². The molecule has 3 rings (SSSR count). The number of aromatic nitrogens is 2. The topological polar surface area (TPSA) is 43.8 Å². The molecular weight excluding hydrogens is 270 g/mol. The van der Waals surface area contributed by atoms with Gasteiger partial charge in [0, 0.05) is 22.8 Å². The number of nitrogen functional groups attached to an aromatic ring is 1. The summed E-state index contributed by atoms with van der Waals surface area (Å²) in [7, 11) is 0. The number of rotatable bonds is 3. The zero-order chi connectivity index (χ0) is 14.1. The second-order valence-electron chi connectivity index (χ2n) is 4.81. The molecule has 0 aliphatic rings. The summed E-state index contributed by atoms with van der Waals surface area (Å²) in [5, 5.41) is 0.724. The molecule has 0 fully saturated rings. The SMILES string of the molecule is CCCn1c(-c2ccccc2N)nc2ccc(Cl)cc21. The van der Waals surface area contributed by atoms with E-state index in [0.717, 1.165) is 46.1 Å². The van der Waals surface area contributed by atoms with Crippen molar-refractivity contribution in [1.29, 1.82) is 0 Å². The summed E-state index contributed by atoms with van der Waals surface area (Å²) in [4.78, 5) is 4.73. The molecule has 0 saturated carbocycles. The molecule has 0 aliphatic carbocycles. The Morgan fingerprint density at radius 3 is 2.75 bits per heavy atom.